The third kappa shape index (κ3) is 8.15. The Morgan fingerprint density at radius 2 is 1.65 bits per heavy atom. The van der Waals surface area contributed by atoms with E-state index < -0.39 is 34.1 Å². The van der Waals surface area contributed by atoms with Crippen molar-refractivity contribution >= 4 is 66.7 Å². The number of benzene rings is 2. The summed E-state index contributed by atoms with van der Waals surface area (Å²) in [6.07, 6.45) is 1.03. The monoisotopic (exact) mass is 591 g/mol. The van der Waals surface area contributed by atoms with E-state index in [4.69, 9.17) is 23.2 Å². The van der Waals surface area contributed by atoms with E-state index >= 15 is 0 Å². The molecule has 34 heavy (non-hydrogen) atoms. The van der Waals surface area contributed by atoms with E-state index in [0.29, 0.717) is 21.3 Å². The van der Waals surface area contributed by atoms with Crippen molar-refractivity contribution in [1.29, 1.82) is 0 Å². The number of carbonyl (C=O) groups excluding carboxylic acids is 2. The summed E-state index contributed by atoms with van der Waals surface area (Å²) >= 11 is 15.5. The summed E-state index contributed by atoms with van der Waals surface area (Å²) in [5.41, 5.74) is 0.466. The maximum Gasteiger partial charge on any atom is 0.244 e. The van der Waals surface area contributed by atoms with Crippen LogP contribution in [0, 0.1) is 0 Å². The molecule has 0 unspecified atom stereocenters. The first-order valence-electron chi connectivity index (χ1n) is 10.4. The van der Waals surface area contributed by atoms with Crippen molar-refractivity contribution in [2.24, 2.45) is 0 Å². The number of amides is 2. The van der Waals surface area contributed by atoms with E-state index in [1.807, 2.05) is 20.8 Å². The van der Waals surface area contributed by atoms with Crippen molar-refractivity contribution < 1.29 is 18.0 Å². The van der Waals surface area contributed by atoms with E-state index in [1.54, 1.807) is 49.4 Å². The van der Waals surface area contributed by atoms with Crippen LogP contribution in [0.15, 0.2) is 46.9 Å². The van der Waals surface area contributed by atoms with Gasteiger partial charge in [0.2, 0.25) is 21.8 Å². The Morgan fingerprint density at radius 3 is 2.15 bits per heavy atom. The molecule has 11 heteroatoms. The van der Waals surface area contributed by atoms with Crippen LogP contribution in [0.5, 0.6) is 0 Å². The Morgan fingerprint density at radius 1 is 1.06 bits per heavy atom. The topological polar surface area (TPSA) is 86.8 Å². The Bertz CT molecular complexity index is 1150. The quantitative estimate of drug-likeness (QED) is 0.474. The van der Waals surface area contributed by atoms with E-state index in [9.17, 15) is 18.0 Å². The summed E-state index contributed by atoms with van der Waals surface area (Å²) in [5.74, 6) is -0.911. The van der Waals surface area contributed by atoms with E-state index in [0.717, 1.165) is 15.0 Å². The number of rotatable bonds is 8. The van der Waals surface area contributed by atoms with Gasteiger partial charge in [-0.1, -0.05) is 45.2 Å². The highest BCUT2D eigenvalue weighted by Gasteiger charge is 2.31. The molecule has 1 N–H and O–H groups in total. The van der Waals surface area contributed by atoms with Crippen molar-refractivity contribution in [3.63, 3.8) is 0 Å². The van der Waals surface area contributed by atoms with Crippen molar-refractivity contribution in [1.82, 2.24) is 10.2 Å². The molecule has 0 spiro atoms. The zero-order valence-electron chi connectivity index (χ0n) is 19.6. The number of halogens is 3. The Kier molecular flexibility index (Phi) is 9.44. The zero-order chi connectivity index (χ0) is 25.8. The normalized spacial score (nSPS) is 12.7. The molecule has 2 aromatic carbocycles. The largest absolute Gasteiger partial charge is 0.350 e. The van der Waals surface area contributed by atoms with Crippen LogP contribution in [0.4, 0.5) is 5.69 Å². The van der Waals surface area contributed by atoms with Crippen LogP contribution < -0.4 is 9.62 Å². The van der Waals surface area contributed by atoms with Crippen molar-refractivity contribution in [3.05, 3.63) is 62.5 Å². The Balaban J connectivity index is 2.42. The lowest BCUT2D eigenvalue weighted by Crippen LogP contribution is -2.54. The van der Waals surface area contributed by atoms with E-state index in [1.165, 1.54) is 4.90 Å². The van der Waals surface area contributed by atoms with Crippen LogP contribution in [0.2, 0.25) is 10.0 Å². The van der Waals surface area contributed by atoms with Crippen molar-refractivity contribution in [2.45, 2.75) is 45.8 Å². The summed E-state index contributed by atoms with van der Waals surface area (Å²) in [6.45, 7) is 6.66. The smallest absolute Gasteiger partial charge is 0.244 e. The summed E-state index contributed by atoms with van der Waals surface area (Å²) in [6, 6.07) is 10.6. The second kappa shape index (κ2) is 11.3. The lowest BCUT2D eigenvalue weighted by molar-refractivity contribution is -0.140. The molecule has 0 saturated carbocycles. The van der Waals surface area contributed by atoms with Crippen molar-refractivity contribution in [2.75, 3.05) is 17.1 Å². The van der Waals surface area contributed by atoms with E-state index in [2.05, 4.69) is 21.2 Å². The van der Waals surface area contributed by atoms with Gasteiger partial charge < -0.3 is 10.2 Å². The first-order valence-corrected chi connectivity index (χ1v) is 13.8. The van der Waals surface area contributed by atoms with Gasteiger partial charge >= 0.3 is 0 Å². The average molecular weight is 593 g/mol. The average Bonchev–Trinajstić information content (AvgIpc) is 2.71. The molecule has 0 aliphatic rings. The molecule has 2 amide bonds. The summed E-state index contributed by atoms with van der Waals surface area (Å²) < 4.78 is 26.9. The molecule has 2 rings (SSSR count). The molecule has 0 bridgehead atoms. The molecule has 1 atom stereocenters. The molecule has 186 valence electrons. The third-order valence-electron chi connectivity index (χ3n) is 4.80. The predicted octanol–water partition coefficient (Wildman–Crippen LogP) is 4.85. The van der Waals surface area contributed by atoms with Crippen LogP contribution in [0.25, 0.3) is 0 Å². The number of nitrogens with zero attached hydrogens (tertiary/aromatic N) is 2. The minimum absolute atomic E-state index is 0.0341. The van der Waals surface area contributed by atoms with Gasteiger partial charge in [0, 0.05) is 16.6 Å². The number of nitrogens with one attached hydrogen (secondary N) is 1. The van der Waals surface area contributed by atoms with Crippen LogP contribution in [-0.4, -0.2) is 49.5 Å². The van der Waals surface area contributed by atoms with Gasteiger partial charge in [0.25, 0.3) is 0 Å². The highest BCUT2D eigenvalue weighted by atomic mass is 79.9. The summed E-state index contributed by atoms with van der Waals surface area (Å²) in [7, 11) is -3.79. The first-order chi connectivity index (χ1) is 15.6. The molecular weight excluding hydrogens is 565 g/mol. The Hall–Kier alpha value is -1.81. The van der Waals surface area contributed by atoms with Gasteiger partial charge in [-0.2, -0.15) is 0 Å². The highest BCUT2D eigenvalue weighted by molar-refractivity contribution is 9.10. The fourth-order valence-corrected chi connectivity index (χ4v) is 4.55. The molecule has 0 fully saturated rings. The van der Waals surface area contributed by atoms with Gasteiger partial charge in [0.1, 0.15) is 12.6 Å². The number of anilines is 1. The van der Waals surface area contributed by atoms with Gasteiger partial charge in [-0.3, -0.25) is 13.9 Å². The second-order valence-electron chi connectivity index (χ2n) is 8.93. The molecule has 2 aromatic rings. The van der Waals surface area contributed by atoms with Gasteiger partial charge in [-0.25, -0.2) is 8.42 Å². The van der Waals surface area contributed by atoms with Crippen LogP contribution >= 0.6 is 39.1 Å². The fourth-order valence-electron chi connectivity index (χ4n) is 3.11. The first kappa shape index (κ1) is 28.4. The van der Waals surface area contributed by atoms with Crippen LogP contribution in [-0.2, 0) is 26.2 Å². The minimum Gasteiger partial charge on any atom is -0.350 e. The van der Waals surface area contributed by atoms with Gasteiger partial charge in [-0.05, 0) is 69.7 Å². The third-order valence-corrected chi connectivity index (χ3v) is 7.20. The molecule has 0 radical (unpaired) electrons. The molecule has 0 aromatic heterocycles. The van der Waals surface area contributed by atoms with Crippen LogP contribution in [0.3, 0.4) is 0 Å². The maximum absolute atomic E-state index is 13.5. The lowest BCUT2D eigenvalue weighted by Gasteiger charge is -2.33. The summed E-state index contributed by atoms with van der Waals surface area (Å²) in [4.78, 5) is 27.7. The summed E-state index contributed by atoms with van der Waals surface area (Å²) in [5, 5.41) is 3.54. The van der Waals surface area contributed by atoms with Gasteiger partial charge in [-0.15, -0.1) is 0 Å². The highest BCUT2D eigenvalue weighted by Crippen LogP contribution is 2.25. The molecule has 0 heterocycles. The molecule has 0 aliphatic heterocycles. The van der Waals surface area contributed by atoms with Crippen LogP contribution in [0.1, 0.15) is 33.3 Å². The molecule has 0 aliphatic carbocycles. The SMILES string of the molecule is C[C@H](C(=O)NC(C)(C)C)N(Cc1ccc(Cl)c(Cl)c1)C(=O)CN(c1ccc(Br)cc1)S(C)(=O)=O. The maximum atomic E-state index is 13.5. The number of hydrogen-bond acceptors (Lipinski definition) is 4. The van der Waals surface area contributed by atoms with Gasteiger partial charge in [0.15, 0.2) is 0 Å². The fraction of sp³-hybridized carbons (Fsp3) is 0.391. The number of hydrogen-bond donors (Lipinski definition) is 1. The lowest BCUT2D eigenvalue weighted by atomic mass is 10.1. The number of sulfonamides is 1. The standard InChI is InChI=1S/C23H28BrCl2N3O4S/c1-15(22(31)27-23(2,3)4)28(13-16-6-11-19(25)20(26)12-16)21(30)14-29(34(5,32)33)18-9-7-17(24)8-10-18/h6-12,15H,13-14H2,1-5H3,(H,27,31)/t15-/m1/s1. The predicted molar refractivity (Wildman–Crippen MR) is 141 cm³/mol. The van der Waals surface area contributed by atoms with Gasteiger partial charge in [0.05, 0.1) is 22.0 Å². The second-order valence-corrected chi connectivity index (χ2v) is 12.6. The minimum atomic E-state index is -3.79. The molecular formula is C23H28BrCl2N3O4S. The molecule has 0 saturated heterocycles. The Labute approximate surface area is 219 Å². The number of carbonyl (C=O) groups is 2. The van der Waals surface area contributed by atoms with Crippen molar-refractivity contribution in [3.8, 4) is 0 Å². The van der Waals surface area contributed by atoms with E-state index in [-0.39, 0.29) is 12.5 Å². The molecule has 7 nitrogen and oxygen atoms in total. The zero-order valence-corrected chi connectivity index (χ0v) is 23.5.